The van der Waals surface area contributed by atoms with Gasteiger partial charge in [-0.1, -0.05) is 30.3 Å². The summed E-state index contributed by atoms with van der Waals surface area (Å²) in [6.07, 6.45) is 0. The van der Waals surface area contributed by atoms with Crippen LogP contribution in [0.5, 0.6) is 0 Å². The molecule has 0 saturated carbocycles. The summed E-state index contributed by atoms with van der Waals surface area (Å²) in [6, 6.07) is 10.7. The van der Waals surface area contributed by atoms with Crippen LogP contribution in [0.3, 0.4) is 0 Å². The number of carbonyl (C=O) groups excluding carboxylic acids is 1. The minimum absolute atomic E-state index is 0. The summed E-state index contributed by atoms with van der Waals surface area (Å²) in [5.41, 5.74) is 1.28. The molecule has 2 atom stereocenters. The number of hydrogen-bond acceptors (Lipinski definition) is 3. The molecule has 0 bridgehead atoms. The van der Waals surface area contributed by atoms with Crippen LogP contribution < -0.4 is 5.32 Å². The van der Waals surface area contributed by atoms with Crippen molar-refractivity contribution in [3.63, 3.8) is 0 Å². The van der Waals surface area contributed by atoms with Gasteiger partial charge in [0.05, 0.1) is 5.25 Å². The fourth-order valence-corrected chi connectivity index (χ4v) is 3.18. The van der Waals surface area contributed by atoms with Crippen LogP contribution >= 0.6 is 24.2 Å². The number of thioether (sulfide) groups is 1. The summed E-state index contributed by atoms with van der Waals surface area (Å²) in [5, 5.41) is 3.40. The van der Waals surface area contributed by atoms with E-state index in [1.54, 1.807) is 11.8 Å². The second kappa shape index (κ2) is 8.55. The molecule has 1 N–H and O–H groups in total. The summed E-state index contributed by atoms with van der Waals surface area (Å²) in [5.74, 6) is 1.17. The van der Waals surface area contributed by atoms with E-state index in [2.05, 4.69) is 24.4 Å². The zero-order valence-corrected chi connectivity index (χ0v) is 13.7. The van der Waals surface area contributed by atoms with Crippen molar-refractivity contribution in [1.29, 1.82) is 0 Å². The molecule has 1 fully saturated rings. The summed E-state index contributed by atoms with van der Waals surface area (Å²) in [6.45, 7) is 6.71. The van der Waals surface area contributed by atoms with Crippen molar-refractivity contribution in [1.82, 2.24) is 10.2 Å². The highest BCUT2D eigenvalue weighted by atomic mass is 35.5. The van der Waals surface area contributed by atoms with E-state index in [0.29, 0.717) is 6.04 Å². The second-order valence-corrected chi connectivity index (χ2v) is 6.41. The number of hydrogen-bond donors (Lipinski definition) is 1. The first-order valence-electron chi connectivity index (χ1n) is 6.84. The minimum atomic E-state index is 0. The molecule has 1 aliphatic rings. The lowest BCUT2D eigenvalue weighted by atomic mass is 10.2. The van der Waals surface area contributed by atoms with Gasteiger partial charge in [0.2, 0.25) is 5.91 Å². The van der Waals surface area contributed by atoms with Crippen molar-refractivity contribution in [2.24, 2.45) is 0 Å². The molecular weight excluding hydrogens is 292 g/mol. The molecule has 1 aromatic carbocycles. The Morgan fingerprint density at radius 3 is 2.80 bits per heavy atom. The third-order valence-electron chi connectivity index (χ3n) is 3.37. The molecule has 0 aliphatic carbocycles. The van der Waals surface area contributed by atoms with E-state index in [4.69, 9.17) is 0 Å². The summed E-state index contributed by atoms with van der Waals surface area (Å²) in [4.78, 5) is 14.3. The highest BCUT2D eigenvalue weighted by molar-refractivity contribution is 7.99. The molecule has 0 spiro atoms. The molecule has 2 rings (SSSR count). The molecule has 0 aromatic heterocycles. The zero-order chi connectivity index (χ0) is 13.7. The van der Waals surface area contributed by atoms with Gasteiger partial charge in [0, 0.05) is 31.4 Å². The molecule has 112 valence electrons. The van der Waals surface area contributed by atoms with Crippen molar-refractivity contribution in [3.8, 4) is 0 Å². The van der Waals surface area contributed by atoms with Gasteiger partial charge in [0.25, 0.3) is 0 Å². The van der Waals surface area contributed by atoms with Crippen LogP contribution in [0.25, 0.3) is 0 Å². The van der Waals surface area contributed by atoms with Gasteiger partial charge >= 0.3 is 0 Å². The van der Waals surface area contributed by atoms with Crippen LogP contribution in [0.2, 0.25) is 0 Å². The Hall–Kier alpha value is -0.710. The van der Waals surface area contributed by atoms with Gasteiger partial charge in [-0.15, -0.1) is 24.2 Å². The Balaban J connectivity index is 0.00000200. The Bertz CT molecular complexity index is 416. The van der Waals surface area contributed by atoms with E-state index in [0.717, 1.165) is 25.4 Å². The topological polar surface area (TPSA) is 32.3 Å². The Labute approximate surface area is 131 Å². The second-order valence-electron chi connectivity index (χ2n) is 5.08. The van der Waals surface area contributed by atoms with E-state index < -0.39 is 0 Å². The minimum Gasteiger partial charge on any atom is -0.339 e. The van der Waals surface area contributed by atoms with E-state index in [1.165, 1.54) is 5.56 Å². The third-order valence-corrected chi connectivity index (χ3v) is 4.57. The molecule has 5 heteroatoms. The Morgan fingerprint density at radius 1 is 1.45 bits per heavy atom. The Kier molecular flexibility index (Phi) is 7.41. The van der Waals surface area contributed by atoms with E-state index in [9.17, 15) is 4.79 Å². The van der Waals surface area contributed by atoms with Gasteiger partial charge < -0.3 is 10.2 Å². The Morgan fingerprint density at radius 2 is 2.15 bits per heavy atom. The molecule has 20 heavy (non-hydrogen) atoms. The average molecular weight is 315 g/mol. The van der Waals surface area contributed by atoms with Gasteiger partial charge in [-0.2, -0.15) is 0 Å². The number of carbonyl (C=O) groups is 1. The molecule has 1 amide bonds. The van der Waals surface area contributed by atoms with Crippen LogP contribution in [0.1, 0.15) is 19.4 Å². The lowest BCUT2D eigenvalue weighted by Gasteiger charge is -2.33. The van der Waals surface area contributed by atoms with Crippen molar-refractivity contribution in [2.75, 3.05) is 19.6 Å². The molecule has 1 aliphatic heterocycles. The number of amides is 1. The first kappa shape index (κ1) is 17.3. The summed E-state index contributed by atoms with van der Waals surface area (Å²) >= 11 is 1.72. The average Bonchev–Trinajstić information content (AvgIpc) is 2.45. The van der Waals surface area contributed by atoms with Gasteiger partial charge in [0.1, 0.15) is 0 Å². The molecule has 1 aromatic rings. The van der Waals surface area contributed by atoms with Crippen LogP contribution in [-0.4, -0.2) is 41.7 Å². The lowest BCUT2D eigenvalue weighted by Crippen LogP contribution is -2.53. The highest BCUT2D eigenvalue weighted by Crippen LogP contribution is 2.19. The van der Waals surface area contributed by atoms with Crippen molar-refractivity contribution >= 4 is 30.1 Å². The van der Waals surface area contributed by atoms with E-state index >= 15 is 0 Å². The first-order chi connectivity index (χ1) is 9.16. The number of halogens is 1. The highest BCUT2D eigenvalue weighted by Gasteiger charge is 2.24. The maximum absolute atomic E-state index is 12.3. The molecule has 1 saturated heterocycles. The fourth-order valence-electron chi connectivity index (χ4n) is 2.26. The van der Waals surface area contributed by atoms with Gasteiger partial charge in [-0.3, -0.25) is 4.79 Å². The van der Waals surface area contributed by atoms with Crippen molar-refractivity contribution in [3.05, 3.63) is 35.9 Å². The quantitative estimate of drug-likeness (QED) is 0.927. The predicted octanol–water partition coefficient (Wildman–Crippen LogP) is 2.55. The number of benzene rings is 1. The largest absolute Gasteiger partial charge is 0.339 e. The van der Waals surface area contributed by atoms with Crippen molar-refractivity contribution in [2.45, 2.75) is 30.9 Å². The zero-order valence-electron chi connectivity index (χ0n) is 12.0. The smallest absolute Gasteiger partial charge is 0.235 e. The molecule has 1 heterocycles. The lowest BCUT2D eigenvalue weighted by molar-refractivity contribution is -0.131. The van der Waals surface area contributed by atoms with Crippen LogP contribution in [-0.2, 0) is 10.5 Å². The standard InChI is InChI=1S/C15H22N2OS.ClH/c1-12-10-17(9-8-16-12)15(18)13(2)19-11-14-6-4-3-5-7-14;/h3-7,12-13,16H,8-11H2,1-2H3;1H. The van der Waals surface area contributed by atoms with E-state index in [1.807, 2.05) is 30.0 Å². The van der Waals surface area contributed by atoms with Gasteiger partial charge in [0.15, 0.2) is 0 Å². The van der Waals surface area contributed by atoms with Crippen molar-refractivity contribution < 1.29 is 4.79 Å². The predicted molar refractivity (Wildman–Crippen MR) is 88.5 cm³/mol. The van der Waals surface area contributed by atoms with Crippen LogP contribution in [0.15, 0.2) is 30.3 Å². The third kappa shape index (κ3) is 5.00. The summed E-state index contributed by atoms with van der Waals surface area (Å²) in [7, 11) is 0. The molecular formula is C15H23ClN2OS. The summed E-state index contributed by atoms with van der Waals surface area (Å²) < 4.78 is 0. The number of nitrogens with zero attached hydrogens (tertiary/aromatic N) is 1. The number of nitrogens with one attached hydrogen (secondary N) is 1. The first-order valence-corrected chi connectivity index (χ1v) is 7.89. The van der Waals surface area contributed by atoms with E-state index in [-0.39, 0.29) is 23.6 Å². The normalized spacial score (nSPS) is 20.1. The maximum Gasteiger partial charge on any atom is 0.235 e. The number of rotatable bonds is 4. The van der Waals surface area contributed by atoms with Gasteiger partial charge in [-0.05, 0) is 19.4 Å². The van der Waals surface area contributed by atoms with Crippen LogP contribution in [0.4, 0.5) is 0 Å². The van der Waals surface area contributed by atoms with Crippen LogP contribution in [0, 0.1) is 0 Å². The number of piperazine rings is 1. The fraction of sp³-hybridized carbons (Fsp3) is 0.533. The maximum atomic E-state index is 12.3. The van der Waals surface area contributed by atoms with Gasteiger partial charge in [-0.25, -0.2) is 0 Å². The molecule has 0 radical (unpaired) electrons. The monoisotopic (exact) mass is 314 g/mol. The SMILES string of the molecule is CC1CN(C(=O)C(C)SCc2ccccc2)CCN1.Cl. The molecule has 2 unspecified atom stereocenters. The molecule has 3 nitrogen and oxygen atoms in total.